The highest BCUT2D eigenvalue weighted by Gasteiger charge is 2.19. The Morgan fingerprint density at radius 3 is 2.61 bits per heavy atom. The summed E-state index contributed by atoms with van der Waals surface area (Å²) >= 11 is 3.26. The maximum absolute atomic E-state index is 12.3. The number of nitrogens with zero attached hydrogens (tertiary/aromatic N) is 2. The number of thiazole rings is 1. The molecule has 0 saturated heterocycles. The van der Waals surface area contributed by atoms with Gasteiger partial charge in [-0.05, 0) is 29.3 Å². The molecular formula is C22H24N3OS2+. The molecule has 6 heteroatoms. The molecule has 0 aliphatic rings. The Labute approximate surface area is 172 Å². The second kappa shape index (κ2) is 8.39. The maximum atomic E-state index is 12.3. The van der Waals surface area contributed by atoms with E-state index in [1.807, 2.05) is 5.38 Å². The summed E-state index contributed by atoms with van der Waals surface area (Å²) in [6.45, 7) is 5.16. The second-order valence-electron chi connectivity index (χ2n) is 7.05. The van der Waals surface area contributed by atoms with Crippen LogP contribution in [0.3, 0.4) is 0 Å². The fourth-order valence-electron chi connectivity index (χ4n) is 3.38. The molecule has 3 heterocycles. The van der Waals surface area contributed by atoms with Crippen LogP contribution in [0.25, 0.3) is 4.96 Å². The summed E-state index contributed by atoms with van der Waals surface area (Å²) in [5, 5.41) is 6.28. The molecule has 4 rings (SSSR count). The van der Waals surface area contributed by atoms with E-state index in [-0.39, 0.29) is 11.6 Å². The Morgan fingerprint density at radius 2 is 1.89 bits per heavy atom. The average Bonchev–Trinajstić information content (AvgIpc) is 3.40. The van der Waals surface area contributed by atoms with Crippen LogP contribution in [0.5, 0.6) is 0 Å². The molecule has 0 unspecified atom stereocenters. The molecule has 3 aromatic heterocycles. The van der Waals surface area contributed by atoms with Gasteiger partial charge in [-0.3, -0.25) is 9.20 Å². The SMILES string of the molecule is CC[C@@H](C)c1ccc([C@@H]([NH2+]Cc2cc(=O)n3ccsc3n2)c2cccs2)cc1. The summed E-state index contributed by atoms with van der Waals surface area (Å²) in [7, 11) is 0. The van der Waals surface area contributed by atoms with Crippen molar-refractivity contribution in [2.45, 2.75) is 38.8 Å². The molecule has 144 valence electrons. The normalized spacial score (nSPS) is 13.6. The van der Waals surface area contributed by atoms with Crippen molar-refractivity contribution < 1.29 is 5.32 Å². The van der Waals surface area contributed by atoms with Crippen molar-refractivity contribution in [3.8, 4) is 0 Å². The lowest BCUT2D eigenvalue weighted by molar-refractivity contribution is -0.702. The van der Waals surface area contributed by atoms with E-state index in [0.29, 0.717) is 12.5 Å². The van der Waals surface area contributed by atoms with E-state index in [2.05, 4.69) is 65.9 Å². The quantitative estimate of drug-likeness (QED) is 0.497. The number of hydrogen-bond donors (Lipinski definition) is 1. The fourth-order valence-corrected chi connectivity index (χ4v) is 4.97. The summed E-state index contributed by atoms with van der Waals surface area (Å²) < 4.78 is 1.60. The van der Waals surface area contributed by atoms with Crippen LogP contribution in [0.1, 0.15) is 53.9 Å². The van der Waals surface area contributed by atoms with Crippen LogP contribution in [-0.4, -0.2) is 9.38 Å². The number of fused-ring (bicyclic) bond motifs is 1. The molecular weight excluding hydrogens is 386 g/mol. The van der Waals surface area contributed by atoms with Crippen LogP contribution in [0.4, 0.5) is 0 Å². The molecule has 4 aromatic rings. The van der Waals surface area contributed by atoms with E-state index in [1.54, 1.807) is 28.0 Å². The first-order valence-electron chi connectivity index (χ1n) is 9.58. The summed E-state index contributed by atoms with van der Waals surface area (Å²) in [5.74, 6) is 0.577. The second-order valence-corrected chi connectivity index (χ2v) is 8.90. The van der Waals surface area contributed by atoms with Crippen molar-refractivity contribution in [3.05, 3.63) is 91.5 Å². The van der Waals surface area contributed by atoms with Crippen LogP contribution in [0, 0.1) is 0 Å². The molecule has 28 heavy (non-hydrogen) atoms. The van der Waals surface area contributed by atoms with Gasteiger partial charge in [0.25, 0.3) is 5.56 Å². The Kier molecular flexibility index (Phi) is 5.71. The Hall–Kier alpha value is -2.28. The highest BCUT2D eigenvalue weighted by Crippen LogP contribution is 2.25. The van der Waals surface area contributed by atoms with Gasteiger partial charge in [-0.2, -0.15) is 0 Å². The smallest absolute Gasteiger partial charge is 0.258 e. The van der Waals surface area contributed by atoms with E-state index in [9.17, 15) is 4.79 Å². The number of rotatable bonds is 7. The zero-order valence-electron chi connectivity index (χ0n) is 16.0. The summed E-state index contributed by atoms with van der Waals surface area (Å²) in [4.78, 5) is 19.0. The van der Waals surface area contributed by atoms with Crippen LogP contribution in [0.15, 0.2) is 64.2 Å². The molecule has 0 aliphatic heterocycles. The molecule has 0 fully saturated rings. The number of hydrogen-bond acceptors (Lipinski definition) is 4. The van der Waals surface area contributed by atoms with Gasteiger partial charge in [0.05, 0.1) is 4.88 Å². The van der Waals surface area contributed by atoms with Crippen LogP contribution in [-0.2, 0) is 6.54 Å². The molecule has 0 aliphatic carbocycles. The Balaban J connectivity index is 1.59. The van der Waals surface area contributed by atoms with Crippen molar-refractivity contribution >= 4 is 27.6 Å². The van der Waals surface area contributed by atoms with Gasteiger partial charge >= 0.3 is 0 Å². The monoisotopic (exact) mass is 410 g/mol. The molecule has 1 aromatic carbocycles. The third-order valence-electron chi connectivity index (χ3n) is 5.25. The minimum Gasteiger partial charge on any atom is -0.331 e. The fraction of sp³-hybridized carbons (Fsp3) is 0.273. The van der Waals surface area contributed by atoms with Gasteiger partial charge in [-0.25, -0.2) is 4.98 Å². The largest absolute Gasteiger partial charge is 0.331 e. The number of thiophene rings is 1. The Morgan fingerprint density at radius 1 is 1.11 bits per heavy atom. The van der Waals surface area contributed by atoms with Crippen molar-refractivity contribution in [1.82, 2.24) is 9.38 Å². The van der Waals surface area contributed by atoms with E-state index < -0.39 is 0 Å². The number of benzene rings is 1. The van der Waals surface area contributed by atoms with Crippen LogP contribution < -0.4 is 10.9 Å². The van der Waals surface area contributed by atoms with E-state index >= 15 is 0 Å². The first-order valence-corrected chi connectivity index (χ1v) is 11.3. The molecule has 0 spiro atoms. The summed E-state index contributed by atoms with van der Waals surface area (Å²) in [6, 6.07) is 15.1. The molecule has 0 saturated carbocycles. The van der Waals surface area contributed by atoms with Crippen LogP contribution >= 0.6 is 22.7 Å². The van der Waals surface area contributed by atoms with Crippen LogP contribution in [0.2, 0.25) is 0 Å². The van der Waals surface area contributed by atoms with Gasteiger partial charge in [0, 0.05) is 23.2 Å². The van der Waals surface area contributed by atoms with E-state index in [1.165, 1.54) is 27.3 Å². The minimum absolute atomic E-state index is 0.0137. The van der Waals surface area contributed by atoms with Crippen molar-refractivity contribution in [1.29, 1.82) is 0 Å². The zero-order valence-corrected chi connectivity index (χ0v) is 17.7. The molecule has 4 nitrogen and oxygen atoms in total. The predicted molar refractivity (Wildman–Crippen MR) is 116 cm³/mol. The highest BCUT2D eigenvalue weighted by atomic mass is 32.1. The topological polar surface area (TPSA) is 51.0 Å². The van der Waals surface area contributed by atoms with Gasteiger partial charge in [-0.1, -0.05) is 44.2 Å². The van der Waals surface area contributed by atoms with E-state index in [0.717, 1.165) is 17.1 Å². The average molecular weight is 411 g/mol. The van der Waals surface area contributed by atoms with Crippen molar-refractivity contribution in [3.63, 3.8) is 0 Å². The number of quaternary nitrogens is 1. The molecule has 2 N–H and O–H groups in total. The number of aromatic nitrogens is 2. The van der Waals surface area contributed by atoms with Gasteiger partial charge < -0.3 is 5.32 Å². The third kappa shape index (κ3) is 3.94. The third-order valence-corrected chi connectivity index (χ3v) is 6.96. The van der Waals surface area contributed by atoms with Gasteiger partial charge in [0.15, 0.2) is 4.96 Å². The lowest BCUT2D eigenvalue weighted by Gasteiger charge is -2.16. The van der Waals surface area contributed by atoms with Gasteiger partial charge in [0.1, 0.15) is 18.3 Å². The number of nitrogens with two attached hydrogens (primary N) is 1. The van der Waals surface area contributed by atoms with Gasteiger partial charge in [0.2, 0.25) is 0 Å². The highest BCUT2D eigenvalue weighted by molar-refractivity contribution is 7.15. The predicted octanol–water partition coefficient (Wildman–Crippen LogP) is 4.18. The maximum Gasteiger partial charge on any atom is 0.258 e. The molecule has 0 bridgehead atoms. The molecule has 0 amide bonds. The summed E-state index contributed by atoms with van der Waals surface area (Å²) in [5.41, 5.74) is 3.47. The first kappa shape index (κ1) is 19.1. The zero-order chi connectivity index (χ0) is 19.5. The van der Waals surface area contributed by atoms with Gasteiger partial charge in [-0.15, -0.1) is 22.7 Å². The lowest BCUT2D eigenvalue weighted by Crippen LogP contribution is -2.84. The lowest BCUT2D eigenvalue weighted by atomic mass is 9.95. The molecule has 0 radical (unpaired) electrons. The minimum atomic E-state index is -0.0137. The van der Waals surface area contributed by atoms with E-state index in [4.69, 9.17) is 0 Å². The molecule has 2 atom stereocenters. The first-order chi connectivity index (χ1) is 13.7. The standard InChI is InChI=1S/C22H23N3OS2/c1-3-15(2)16-6-8-17(9-7-16)21(19-5-4-11-27-19)23-14-18-13-20(26)25-10-12-28-22(25)24-18/h4-13,15,21,23H,3,14H2,1-2H3/p+1/t15-,21-/m1/s1. The summed E-state index contributed by atoms with van der Waals surface area (Å²) in [6.07, 6.45) is 2.92. The van der Waals surface area contributed by atoms with Crippen molar-refractivity contribution in [2.75, 3.05) is 0 Å². The Bertz CT molecular complexity index is 1100. The van der Waals surface area contributed by atoms with Crippen molar-refractivity contribution in [2.24, 2.45) is 0 Å².